The Morgan fingerprint density at radius 1 is 1.43 bits per heavy atom. The van der Waals surface area contributed by atoms with Gasteiger partial charge in [0, 0.05) is 12.5 Å². The van der Waals surface area contributed by atoms with E-state index in [0.717, 1.165) is 12.1 Å². The van der Waals surface area contributed by atoms with E-state index in [1.165, 1.54) is 0 Å². The predicted molar refractivity (Wildman–Crippen MR) is 46.4 cm³/mol. The lowest BCUT2D eigenvalue weighted by atomic mass is 10.0. The molecule has 0 aromatic heterocycles. The first-order valence-corrected chi connectivity index (χ1v) is 4.07. The Morgan fingerprint density at radius 3 is 2.43 bits per heavy atom. The van der Waals surface area contributed by atoms with Crippen LogP contribution in [0.25, 0.3) is 0 Å². The summed E-state index contributed by atoms with van der Waals surface area (Å²) in [6.07, 6.45) is 0.0357. The first kappa shape index (κ1) is 11.0. The van der Waals surface area contributed by atoms with Gasteiger partial charge in [0.15, 0.2) is 12.1 Å². The first-order valence-electron chi connectivity index (χ1n) is 3.69. The molecule has 0 saturated carbocycles. The third-order valence-electron chi connectivity index (χ3n) is 1.72. The van der Waals surface area contributed by atoms with Crippen molar-refractivity contribution in [1.29, 1.82) is 0 Å². The van der Waals surface area contributed by atoms with Crippen molar-refractivity contribution >= 4 is 17.9 Å². The Hall–Kier alpha value is -1.03. The van der Waals surface area contributed by atoms with Gasteiger partial charge in [-0.3, -0.25) is 4.79 Å². The molecule has 0 aliphatic heterocycles. The van der Waals surface area contributed by atoms with Crippen LogP contribution in [0.3, 0.4) is 0 Å². The topological polar surface area (TPSA) is 17.1 Å². The predicted octanol–water partition coefficient (Wildman–Crippen LogP) is 3.40. The van der Waals surface area contributed by atoms with Crippen molar-refractivity contribution in [1.82, 2.24) is 0 Å². The fourth-order valence-corrected chi connectivity index (χ4v) is 1.23. The number of carbonyl (C=O) groups is 1. The molecular weight excluding hydrogens is 217 g/mol. The Labute approximate surface area is 83.5 Å². The highest BCUT2D eigenvalue weighted by Crippen LogP contribution is 2.32. The van der Waals surface area contributed by atoms with Gasteiger partial charge in [0.25, 0.3) is 5.92 Å². The molecule has 14 heavy (non-hydrogen) atoms. The highest BCUT2D eigenvalue weighted by Gasteiger charge is 2.29. The minimum atomic E-state index is -3.26. The van der Waals surface area contributed by atoms with Crippen molar-refractivity contribution in [3.8, 4) is 0 Å². The summed E-state index contributed by atoms with van der Waals surface area (Å²) in [6, 6.07) is 1.94. The van der Waals surface area contributed by atoms with E-state index in [-0.39, 0.29) is 11.3 Å². The van der Waals surface area contributed by atoms with E-state index in [2.05, 4.69) is 0 Å². The second kappa shape index (κ2) is 3.61. The summed E-state index contributed by atoms with van der Waals surface area (Å²) in [4.78, 5) is 10.4. The monoisotopic (exact) mass is 222 g/mol. The van der Waals surface area contributed by atoms with E-state index in [4.69, 9.17) is 11.6 Å². The SMILES string of the molecule is CC(F)(F)c1ccc(Cl)c(F)c1C=O. The molecule has 0 aliphatic rings. The number of halogens is 4. The summed E-state index contributed by atoms with van der Waals surface area (Å²) in [5.41, 5.74) is -1.35. The third kappa shape index (κ3) is 1.90. The summed E-state index contributed by atoms with van der Waals surface area (Å²) in [5, 5.41) is -0.347. The molecule has 1 nitrogen and oxygen atoms in total. The van der Waals surface area contributed by atoms with Crippen LogP contribution in [0.2, 0.25) is 5.02 Å². The fourth-order valence-electron chi connectivity index (χ4n) is 1.06. The Balaban J connectivity index is 3.47. The Morgan fingerprint density at radius 2 is 2.00 bits per heavy atom. The number of aldehydes is 1. The van der Waals surface area contributed by atoms with Gasteiger partial charge in [-0.1, -0.05) is 17.7 Å². The van der Waals surface area contributed by atoms with Crippen molar-refractivity contribution in [3.05, 3.63) is 34.1 Å². The number of alkyl halides is 2. The molecule has 0 heterocycles. The Bertz CT molecular complexity index is 371. The van der Waals surface area contributed by atoms with Crippen molar-refractivity contribution in [2.75, 3.05) is 0 Å². The molecule has 0 atom stereocenters. The molecule has 0 spiro atoms. The standard InChI is InChI=1S/C9H6ClF3O/c1-9(12,13)6-2-3-7(10)8(11)5(6)4-14/h2-4H,1H3. The lowest BCUT2D eigenvalue weighted by Gasteiger charge is -2.13. The highest BCUT2D eigenvalue weighted by atomic mass is 35.5. The average molecular weight is 223 g/mol. The molecule has 0 unspecified atom stereocenters. The molecule has 0 aliphatic carbocycles. The van der Waals surface area contributed by atoms with E-state index in [9.17, 15) is 18.0 Å². The second-order valence-corrected chi connectivity index (χ2v) is 3.24. The van der Waals surface area contributed by atoms with Crippen molar-refractivity contribution in [2.45, 2.75) is 12.8 Å². The molecule has 0 fully saturated rings. The van der Waals surface area contributed by atoms with Gasteiger partial charge in [-0.05, 0) is 6.07 Å². The van der Waals surface area contributed by atoms with Crippen LogP contribution in [0.5, 0.6) is 0 Å². The summed E-state index contributed by atoms with van der Waals surface area (Å²) in [6.45, 7) is 0.586. The molecule has 1 aromatic carbocycles. The zero-order valence-corrected chi connectivity index (χ0v) is 7.91. The van der Waals surface area contributed by atoms with Crippen LogP contribution >= 0.6 is 11.6 Å². The van der Waals surface area contributed by atoms with Gasteiger partial charge in [-0.25, -0.2) is 13.2 Å². The van der Waals surface area contributed by atoms with E-state index < -0.39 is 22.9 Å². The molecule has 0 N–H and O–H groups in total. The lowest BCUT2D eigenvalue weighted by Crippen LogP contribution is -2.12. The normalized spacial score (nSPS) is 11.5. The van der Waals surface area contributed by atoms with Crippen molar-refractivity contribution in [3.63, 3.8) is 0 Å². The van der Waals surface area contributed by atoms with Crippen molar-refractivity contribution < 1.29 is 18.0 Å². The van der Waals surface area contributed by atoms with Gasteiger partial charge < -0.3 is 0 Å². The number of carbonyl (C=O) groups excluding carboxylic acids is 1. The number of hydrogen-bond donors (Lipinski definition) is 0. The lowest BCUT2D eigenvalue weighted by molar-refractivity contribution is 0.0164. The van der Waals surface area contributed by atoms with Crippen LogP contribution < -0.4 is 0 Å². The highest BCUT2D eigenvalue weighted by molar-refractivity contribution is 6.31. The minimum Gasteiger partial charge on any atom is -0.298 e. The molecule has 0 radical (unpaired) electrons. The zero-order valence-electron chi connectivity index (χ0n) is 7.15. The molecule has 0 amide bonds. The maximum atomic E-state index is 13.1. The molecule has 76 valence electrons. The van der Waals surface area contributed by atoms with Gasteiger partial charge in [0.1, 0.15) is 0 Å². The molecule has 1 rings (SSSR count). The summed E-state index contributed by atoms with van der Waals surface area (Å²) < 4.78 is 38.8. The van der Waals surface area contributed by atoms with Crippen LogP contribution in [0.15, 0.2) is 12.1 Å². The van der Waals surface area contributed by atoms with Crippen LogP contribution in [0.1, 0.15) is 22.8 Å². The molecular formula is C9H6ClF3O. The number of hydrogen-bond acceptors (Lipinski definition) is 1. The molecule has 1 aromatic rings. The maximum Gasteiger partial charge on any atom is 0.271 e. The quantitative estimate of drug-likeness (QED) is 0.701. The van der Waals surface area contributed by atoms with E-state index >= 15 is 0 Å². The van der Waals surface area contributed by atoms with E-state index in [1.807, 2.05) is 0 Å². The van der Waals surface area contributed by atoms with Gasteiger partial charge >= 0.3 is 0 Å². The van der Waals surface area contributed by atoms with Crippen molar-refractivity contribution in [2.24, 2.45) is 0 Å². The third-order valence-corrected chi connectivity index (χ3v) is 2.02. The fraction of sp³-hybridized carbons (Fsp3) is 0.222. The van der Waals surface area contributed by atoms with Crippen LogP contribution in [-0.4, -0.2) is 6.29 Å². The van der Waals surface area contributed by atoms with E-state index in [1.54, 1.807) is 0 Å². The second-order valence-electron chi connectivity index (χ2n) is 2.83. The van der Waals surface area contributed by atoms with Gasteiger partial charge in [-0.15, -0.1) is 0 Å². The van der Waals surface area contributed by atoms with E-state index in [0.29, 0.717) is 6.92 Å². The van der Waals surface area contributed by atoms with Gasteiger partial charge in [0.05, 0.1) is 10.6 Å². The van der Waals surface area contributed by atoms with Crippen LogP contribution in [0.4, 0.5) is 13.2 Å². The first-order chi connectivity index (χ1) is 6.38. The maximum absolute atomic E-state index is 13.1. The van der Waals surface area contributed by atoms with Gasteiger partial charge in [0.2, 0.25) is 0 Å². The molecule has 0 saturated heterocycles. The molecule has 5 heteroatoms. The zero-order chi connectivity index (χ0) is 10.9. The van der Waals surface area contributed by atoms with Gasteiger partial charge in [-0.2, -0.15) is 0 Å². The molecule has 0 bridgehead atoms. The average Bonchev–Trinajstić information content (AvgIpc) is 2.07. The minimum absolute atomic E-state index is 0.0357. The number of benzene rings is 1. The summed E-state index contributed by atoms with van der Waals surface area (Å²) >= 11 is 5.34. The largest absolute Gasteiger partial charge is 0.298 e. The van der Waals surface area contributed by atoms with Crippen LogP contribution in [-0.2, 0) is 5.92 Å². The number of rotatable bonds is 2. The Kier molecular flexibility index (Phi) is 2.85. The summed E-state index contributed by atoms with van der Waals surface area (Å²) in [7, 11) is 0. The smallest absolute Gasteiger partial charge is 0.271 e. The summed E-state index contributed by atoms with van der Waals surface area (Å²) in [5.74, 6) is -4.37. The van der Waals surface area contributed by atoms with Crippen LogP contribution in [0, 0.1) is 5.82 Å².